The number of carboxylic acid groups (broad SMARTS) is 1. The van der Waals surface area contributed by atoms with Gasteiger partial charge in [-0.1, -0.05) is 33.6 Å². The number of hydrogen-bond donors (Lipinski definition) is 2. The summed E-state index contributed by atoms with van der Waals surface area (Å²) in [7, 11) is 0. The summed E-state index contributed by atoms with van der Waals surface area (Å²) in [6.45, 7) is 5.89. The fraction of sp³-hybridized carbons (Fsp3) is 0.692. The van der Waals surface area contributed by atoms with Crippen LogP contribution in [0.1, 0.15) is 68.5 Å². The van der Waals surface area contributed by atoms with E-state index in [1.54, 1.807) is 4.68 Å². The Morgan fingerprint density at radius 2 is 1.94 bits per heavy atom. The van der Waals surface area contributed by atoms with Gasteiger partial charge in [0.25, 0.3) is 0 Å². The van der Waals surface area contributed by atoms with Gasteiger partial charge in [0, 0.05) is 5.56 Å². The van der Waals surface area contributed by atoms with Crippen LogP contribution in [0.4, 0.5) is 5.82 Å². The number of nitrogen functional groups attached to an aromatic ring is 1. The van der Waals surface area contributed by atoms with Crippen molar-refractivity contribution in [2.45, 2.75) is 57.9 Å². The molecule has 0 spiro atoms. The van der Waals surface area contributed by atoms with Gasteiger partial charge in [-0.3, -0.25) is 0 Å². The van der Waals surface area contributed by atoms with E-state index in [9.17, 15) is 9.90 Å². The van der Waals surface area contributed by atoms with Gasteiger partial charge < -0.3 is 10.8 Å². The summed E-state index contributed by atoms with van der Waals surface area (Å²) in [5.41, 5.74) is 6.59. The number of hydrogen-bond acceptors (Lipinski definition) is 3. The second-order valence-corrected chi connectivity index (χ2v) is 6.05. The van der Waals surface area contributed by atoms with Crippen molar-refractivity contribution in [2.24, 2.45) is 0 Å². The first-order chi connectivity index (χ1) is 8.32. The molecule has 0 bridgehead atoms. The summed E-state index contributed by atoms with van der Waals surface area (Å²) in [6.07, 6.45) is 4.40. The lowest BCUT2D eigenvalue weighted by molar-refractivity contribution is 0.0686. The van der Waals surface area contributed by atoms with Gasteiger partial charge in [-0.15, -0.1) is 0 Å². The summed E-state index contributed by atoms with van der Waals surface area (Å²) >= 11 is 0. The van der Waals surface area contributed by atoms with E-state index in [1.165, 1.54) is 0 Å². The molecule has 1 aliphatic carbocycles. The predicted molar refractivity (Wildman–Crippen MR) is 69.8 cm³/mol. The molecule has 0 amide bonds. The van der Waals surface area contributed by atoms with Gasteiger partial charge in [-0.2, -0.15) is 5.10 Å². The van der Waals surface area contributed by atoms with Gasteiger partial charge in [-0.25, -0.2) is 9.48 Å². The summed E-state index contributed by atoms with van der Waals surface area (Å²) in [6, 6.07) is 0.263. The Morgan fingerprint density at radius 3 is 2.33 bits per heavy atom. The van der Waals surface area contributed by atoms with Crippen LogP contribution in [0.5, 0.6) is 0 Å². The molecule has 1 aromatic rings. The molecule has 1 aromatic heterocycles. The Balaban J connectivity index is 2.54. The lowest BCUT2D eigenvalue weighted by Gasteiger charge is -2.19. The summed E-state index contributed by atoms with van der Waals surface area (Å²) in [5, 5.41) is 13.5. The van der Waals surface area contributed by atoms with Crippen LogP contribution >= 0.6 is 0 Å². The minimum atomic E-state index is -0.997. The normalized spacial score (nSPS) is 17.3. The Labute approximate surface area is 107 Å². The number of anilines is 1. The second-order valence-electron chi connectivity index (χ2n) is 6.05. The minimum absolute atomic E-state index is 0.104. The zero-order chi connectivity index (χ0) is 13.5. The first-order valence-electron chi connectivity index (χ1n) is 6.44. The van der Waals surface area contributed by atoms with Crippen LogP contribution in [0.25, 0.3) is 0 Å². The van der Waals surface area contributed by atoms with E-state index >= 15 is 0 Å². The van der Waals surface area contributed by atoms with Crippen LogP contribution in [-0.2, 0) is 5.41 Å². The molecule has 1 saturated carbocycles. The van der Waals surface area contributed by atoms with E-state index in [2.05, 4.69) is 5.10 Å². The zero-order valence-corrected chi connectivity index (χ0v) is 11.2. The molecule has 18 heavy (non-hydrogen) atoms. The van der Waals surface area contributed by atoms with Crippen molar-refractivity contribution in [3.63, 3.8) is 0 Å². The van der Waals surface area contributed by atoms with Gasteiger partial charge in [0.15, 0.2) is 5.69 Å². The molecule has 5 nitrogen and oxygen atoms in total. The summed E-state index contributed by atoms with van der Waals surface area (Å²) in [4.78, 5) is 11.3. The van der Waals surface area contributed by atoms with Gasteiger partial charge in [-0.05, 0) is 18.3 Å². The first-order valence-corrected chi connectivity index (χ1v) is 6.44. The average Bonchev–Trinajstić information content (AvgIpc) is 2.81. The minimum Gasteiger partial charge on any atom is -0.476 e. The van der Waals surface area contributed by atoms with Crippen LogP contribution < -0.4 is 5.73 Å². The van der Waals surface area contributed by atoms with Crippen LogP contribution in [0.15, 0.2) is 0 Å². The topological polar surface area (TPSA) is 81.1 Å². The van der Waals surface area contributed by atoms with Crippen LogP contribution in [0.2, 0.25) is 0 Å². The standard InChI is InChI=1S/C13H21N3O2/c1-13(2,3)9-10(12(17)18)15-16(11(9)14)8-6-4-5-7-8/h8H,4-7,14H2,1-3H3,(H,17,18). The van der Waals surface area contributed by atoms with Gasteiger partial charge in [0.05, 0.1) is 6.04 Å². The summed E-state index contributed by atoms with van der Waals surface area (Å²) < 4.78 is 1.73. The van der Waals surface area contributed by atoms with E-state index in [0.29, 0.717) is 11.4 Å². The molecule has 3 N–H and O–H groups in total. The van der Waals surface area contributed by atoms with Crippen molar-refractivity contribution in [3.8, 4) is 0 Å². The van der Waals surface area contributed by atoms with E-state index in [0.717, 1.165) is 25.7 Å². The number of aromatic carboxylic acids is 1. The monoisotopic (exact) mass is 251 g/mol. The highest BCUT2D eigenvalue weighted by atomic mass is 16.4. The molecule has 5 heteroatoms. The SMILES string of the molecule is CC(C)(C)c1c(C(=O)O)nn(C2CCCC2)c1N. The maximum atomic E-state index is 11.3. The Bertz CT molecular complexity index is 465. The Morgan fingerprint density at radius 1 is 1.39 bits per heavy atom. The zero-order valence-electron chi connectivity index (χ0n) is 11.2. The largest absolute Gasteiger partial charge is 0.476 e. The van der Waals surface area contributed by atoms with Crippen molar-refractivity contribution < 1.29 is 9.90 Å². The summed E-state index contributed by atoms with van der Waals surface area (Å²) in [5.74, 6) is -0.477. The number of nitrogens with two attached hydrogens (primary N) is 1. The number of carbonyl (C=O) groups is 1. The molecular formula is C13H21N3O2. The Kier molecular flexibility index (Phi) is 3.09. The predicted octanol–water partition coefficient (Wildman–Crippen LogP) is 2.58. The Hall–Kier alpha value is -1.52. The number of carboxylic acids is 1. The van der Waals surface area contributed by atoms with E-state index in [1.807, 2.05) is 20.8 Å². The van der Waals surface area contributed by atoms with Crippen LogP contribution in [-0.4, -0.2) is 20.9 Å². The quantitative estimate of drug-likeness (QED) is 0.846. The molecule has 2 rings (SSSR count). The fourth-order valence-electron chi connectivity index (χ4n) is 2.76. The highest BCUT2D eigenvalue weighted by molar-refractivity contribution is 5.89. The average molecular weight is 251 g/mol. The second kappa shape index (κ2) is 4.30. The van der Waals surface area contributed by atoms with Crippen molar-refractivity contribution in [3.05, 3.63) is 11.3 Å². The van der Waals surface area contributed by atoms with Crippen molar-refractivity contribution in [1.29, 1.82) is 0 Å². The maximum Gasteiger partial charge on any atom is 0.356 e. The smallest absolute Gasteiger partial charge is 0.356 e. The molecular weight excluding hydrogens is 230 g/mol. The highest BCUT2D eigenvalue weighted by Gasteiger charge is 2.32. The van der Waals surface area contributed by atoms with Gasteiger partial charge in [0.2, 0.25) is 0 Å². The third-order valence-corrected chi connectivity index (χ3v) is 3.57. The molecule has 0 unspecified atom stereocenters. The molecule has 1 fully saturated rings. The molecule has 1 heterocycles. The lowest BCUT2D eigenvalue weighted by atomic mass is 9.86. The number of nitrogens with zero attached hydrogens (tertiary/aromatic N) is 2. The van der Waals surface area contributed by atoms with Crippen LogP contribution in [0.3, 0.4) is 0 Å². The van der Waals surface area contributed by atoms with E-state index in [-0.39, 0.29) is 17.2 Å². The van der Waals surface area contributed by atoms with E-state index in [4.69, 9.17) is 5.73 Å². The van der Waals surface area contributed by atoms with Crippen molar-refractivity contribution in [1.82, 2.24) is 9.78 Å². The molecule has 0 aliphatic heterocycles. The molecule has 1 aliphatic rings. The maximum absolute atomic E-state index is 11.3. The molecule has 0 aromatic carbocycles. The molecule has 0 atom stereocenters. The van der Waals surface area contributed by atoms with E-state index < -0.39 is 5.97 Å². The third-order valence-electron chi connectivity index (χ3n) is 3.57. The van der Waals surface area contributed by atoms with Crippen molar-refractivity contribution in [2.75, 3.05) is 5.73 Å². The highest BCUT2D eigenvalue weighted by Crippen LogP contribution is 2.37. The first kappa shape index (κ1) is 12.9. The lowest BCUT2D eigenvalue weighted by Crippen LogP contribution is -2.17. The van der Waals surface area contributed by atoms with Gasteiger partial charge in [0.1, 0.15) is 5.82 Å². The number of aromatic nitrogens is 2. The number of rotatable bonds is 2. The fourth-order valence-corrected chi connectivity index (χ4v) is 2.76. The molecule has 0 saturated heterocycles. The molecule has 0 radical (unpaired) electrons. The van der Waals surface area contributed by atoms with Gasteiger partial charge >= 0.3 is 5.97 Å². The van der Waals surface area contributed by atoms with Crippen molar-refractivity contribution >= 4 is 11.8 Å². The van der Waals surface area contributed by atoms with Crippen LogP contribution in [0, 0.1) is 0 Å². The third kappa shape index (κ3) is 2.09. The molecule has 100 valence electrons.